The first-order valence-corrected chi connectivity index (χ1v) is 7.62. The van der Waals surface area contributed by atoms with Gasteiger partial charge in [0.15, 0.2) is 0 Å². The Morgan fingerprint density at radius 2 is 2.10 bits per heavy atom. The topological polar surface area (TPSA) is 42.7 Å². The molecule has 1 aliphatic heterocycles. The number of furan rings is 1. The van der Waals surface area contributed by atoms with Crippen LogP contribution < -0.4 is 0 Å². The van der Waals surface area contributed by atoms with Crippen LogP contribution in [0, 0.1) is 5.92 Å². The van der Waals surface area contributed by atoms with Crippen molar-refractivity contribution in [3.63, 3.8) is 0 Å². The molecule has 1 aromatic carbocycles. The van der Waals surface area contributed by atoms with E-state index in [-0.39, 0.29) is 11.9 Å². The Morgan fingerprint density at radius 1 is 1.33 bits per heavy atom. The van der Waals surface area contributed by atoms with Gasteiger partial charge in [0.1, 0.15) is 11.3 Å². The molecule has 2 aromatic rings. The molecule has 0 atom stereocenters. The van der Waals surface area contributed by atoms with E-state index in [1.165, 1.54) is 0 Å². The number of hydrogen-bond acceptors (Lipinski definition) is 4. The van der Waals surface area contributed by atoms with Crippen molar-refractivity contribution in [1.82, 2.24) is 4.90 Å². The number of ether oxygens (including phenoxy) is 1. The van der Waals surface area contributed by atoms with Crippen LogP contribution in [0.1, 0.15) is 25.5 Å². The number of para-hydroxylation sites is 1. The Morgan fingerprint density at radius 3 is 2.81 bits per heavy atom. The maximum Gasteiger partial charge on any atom is 0.309 e. The number of nitrogens with zero attached hydrogens (tertiary/aromatic N) is 1. The molecule has 21 heavy (non-hydrogen) atoms. The minimum Gasteiger partial charge on any atom is -0.466 e. The maximum absolute atomic E-state index is 11.7. The van der Waals surface area contributed by atoms with Crippen molar-refractivity contribution in [2.75, 3.05) is 19.7 Å². The molecule has 4 heteroatoms. The van der Waals surface area contributed by atoms with Gasteiger partial charge in [0.2, 0.25) is 0 Å². The summed E-state index contributed by atoms with van der Waals surface area (Å²) in [5.74, 6) is 1.02. The summed E-state index contributed by atoms with van der Waals surface area (Å²) in [6.45, 7) is 4.97. The van der Waals surface area contributed by atoms with Crippen molar-refractivity contribution in [3.8, 4) is 0 Å². The van der Waals surface area contributed by atoms with Gasteiger partial charge in [0, 0.05) is 5.39 Å². The van der Waals surface area contributed by atoms with Crippen molar-refractivity contribution in [1.29, 1.82) is 0 Å². The molecule has 0 saturated carbocycles. The second-order valence-electron chi connectivity index (χ2n) is 5.55. The minimum atomic E-state index is -0.0408. The van der Waals surface area contributed by atoms with Crippen molar-refractivity contribution < 1.29 is 13.9 Å². The van der Waals surface area contributed by atoms with Gasteiger partial charge in [0.25, 0.3) is 0 Å². The van der Waals surface area contributed by atoms with Crippen LogP contribution in [0.2, 0.25) is 0 Å². The van der Waals surface area contributed by atoms with Crippen molar-refractivity contribution in [3.05, 3.63) is 36.1 Å². The van der Waals surface area contributed by atoms with Gasteiger partial charge in [-0.2, -0.15) is 0 Å². The van der Waals surface area contributed by atoms with Crippen LogP contribution in [-0.4, -0.2) is 30.6 Å². The van der Waals surface area contributed by atoms with Gasteiger partial charge in [-0.25, -0.2) is 0 Å². The van der Waals surface area contributed by atoms with E-state index in [2.05, 4.69) is 17.0 Å². The smallest absolute Gasteiger partial charge is 0.309 e. The van der Waals surface area contributed by atoms with E-state index < -0.39 is 0 Å². The van der Waals surface area contributed by atoms with Crippen molar-refractivity contribution in [2.45, 2.75) is 26.3 Å². The molecule has 3 rings (SSSR count). The average Bonchev–Trinajstić information content (AvgIpc) is 2.90. The summed E-state index contributed by atoms with van der Waals surface area (Å²) >= 11 is 0. The van der Waals surface area contributed by atoms with Crippen LogP contribution in [0.5, 0.6) is 0 Å². The SMILES string of the molecule is CCOC(=O)C1CCN(Cc2cc3ccccc3o2)CC1. The monoisotopic (exact) mass is 287 g/mol. The normalized spacial score (nSPS) is 17.2. The summed E-state index contributed by atoms with van der Waals surface area (Å²) in [6.07, 6.45) is 1.75. The molecule has 112 valence electrons. The van der Waals surface area contributed by atoms with Gasteiger partial charge in [-0.15, -0.1) is 0 Å². The third kappa shape index (κ3) is 3.27. The number of likely N-dealkylation sites (tertiary alicyclic amines) is 1. The number of fused-ring (bicyclic) bond motifs is 1. The zero-order chi connectivity index (χ0) is 14.7. The van der Waals surface area contributed by atoms with E-state index in [0.717, 1.165) is 49.2 Å². The highest BCUT2D eigenvalue weighted by molar-refractivity contribution is 5.77. The van der Waals surface area contributed by atoms with Crippen LogP contribution in [0.3, 0.4) is 0 Å². The minimum absolute atomic E-state index is 0.0408. The molecule has 1 fully saturated rings. The number of carbonyl (C=O) groups excluding carboxylic acids is 1. The van der Waals surface area contributed by atoms with Gasteiger partial charge in [-0.05, 0) is 45.0 Å². The lowest BCUT2D eigenvalue weighted by Crippen LogP contribution is -2.36. The molecule has 0 aliphatic carbocycles. The fourth-order valence-electron chi connectivity index (χ4n) is 2.92. The molecule has 0 unspecified atom stereocenters. The fourth-order valence-corrected chi connectivity index (χ4v) is 2.92. The Labute approximate surface area is 124 Å². The summed E-state index contributed by atoms with van der Waals surface area (Å²) in [7, 11) is 0. The molecule has 1 aromatic heterocycles. The molecule has 1 aliphatic rings. The quantitative estimate of drug-likeness (QED) is 0.810. The maximum atomic E-state index is 11.7. The number of benzene rings is 1. The van der Waals surface area contributed by atoms with Crippen LogP contribution in [-0.2, 0) is 16.1 Å². The predicted molar refractivity (Wildman–Crippen MR) is 80.8 cm³/mol. The number of carbonyl (C=O) groups is 1. The molecule has 0 spiro atoms. The van der Waals surface area contributed by atoms with Crippen molar-refractivity contribution >= 4 is 16.9 Å². The molecular formula is C17H21NO3. The number of esters is 1. The summed E-state index contributed by atoms with van der Waals surface area (Å²) in [4.78, 5) is 14.1. The van der Waals surface area contributed by atoms with E-state index >= 15 is 0 Å². The van der Waals surface area contributed by atoms with E-state index in [0.29, 0.717) is 6.61 Å². The zero-order valence-electron chi connectivity index (χ0n) is 12.4. The van der Waals surface area contributed by atoms with E-state index in [1.807, 2.05) is 25.1 Å². The van der Waals surface area contributed by atoms with Crippen LogP contribution in [0.15, 0.2) is 34.7 Å². The molecule has 0 amide bonds. The largest absolute Gasteiger partial charge is 0.466 e. The third-order valence-electron chi connectivity index (χ3n) is 4.06. The van der Waals surface area contributed by atoms with E-state index in [4.69, 9.17) is 9.15 Å². The number of piperidine rings is 1. The van der Waals surface area contributed by atoms with E-state index in [1.54, 1.807) is 0 Å². The second kappa shape index (κ2) is 6.31. The Hall–Kier alpha value is -1.81. The Balaban J connectivity index is 1.56. The molecule has 0 radical (unpaired) electrons. The summed E-state index contributed by atoms with van der Waals surface area (Å²) in [6, 6.07) is 10.2. The standard InChI is InChI=1S/C17H21NO3/c1-2-20-17(19)13-7-9-18(10-8-13)12-15-11-14-5-3-4-6-16(14)21-15/h3-6,11,13H,2,7-10,12H2,1H3. The Kier molecular flexibility index (Phi) is 4.25. The van der Waals surface area contributed by atoms with Gasteiger partial charge in [-0.1, -0.05) is 18.2 Å². The lowest BCUT2D eigenvalue weighted by atomic mass is 9.97. The molecule has 1 saturated heterocycles. The van der Waals surface area contributed by atoms with Gasteiger partial charge in [0.05, 0.1) is 19.1 Å². The van der Waals surface area contributed by atoms with Gasteiger partial charge >= 0.3 is 5.97 Å². The molecule has 4 nitrogen and oxygen atoms in total. The highest BCUT2D eigenvalue weighted by Crippen LogP contribution is 2.23. The second-order valence-corrected chi connectivity index (χ2v) is 5.55. The first-order valence-electron chi connectivity index (χ1n) is 7.62. The van der Waals surface area contributed by atoms with Gasteiger partial charge < -0.3 is 9.15 Å². The van der Waals surface area contributed by atoms with Crippen LogP contribution in [0.25, 0.3) is 11.0 Å². The lowest BCUT2D eigenvalue weighted by Gasteiger charge is -2.30. The molecular weight excluding hydrogens is 266 g/mol. The summed E-state index contributed by atoms with van der Waals surface area (Å²) in [5, 5.41) is 1.15. The fraction of sp³-hybridized carbons (Fsp3) is 0.471. The first kappa shape index (κ1) is 14.1. The third-order valence-corrected chi connectivity index (χ3v) is 4.06. The predicted octanol–water partition coefficient (Wildman–Crippen LogP) is 3.21. The van der Waals surface area contributed by atoms with Crippen molar-refractivity contribution in [2.24, 2.45) is 5.92 Å². The zero-order valence-corrected chi connectivity index (χ0v) is 12.4. The van der Waals surface area contributed by atoms with Crippen LogP contribution in [0.4, 0.5) is 0 Å². The number of hydrogen-bond donors (Lipinski definition) is 0. The molecule has 2 heterocycles. The van der Waals surface area contributed by atoms with Crippen LogP contribution >= 0.6 is 0 Å². The van der Waals surface area contributed by atoms with Gasteiger partial charge in [-0.3, -0.25) is 9.69 Å². The lowest BCUT2D eigenvalue weighted by molar-refractivity contribution is -0.149. The first-order chi connectivity index (χ1) is 10.3. The molecule has 0 bridgehead atoms. The highest BCUT2D eigenvalue weighted by atomic mass is 16.5. The summed E-state index contributed by atoms with van der Waals surface area (Å²) < 4.78 is 10.9. The molecule has 0 N–H and O–H groups in total. The average molecular weight is 287 g/mol. The Bertz CT molecular complexity index is 578. The number of rotatable bonds is 4. The highest BCUT2D eigenvalue weighted by Gasteiger charge is 2.26. The van der Waals surface area contributed by atoms with E-state index in [9.17, 15) is 4.79 Å². The summed E-state index contributed by atoms with van der Waals surface area (Å²) in [5.41, 5.74) is 0.939.